The summed E-state index contributed by atoms with van der Waals surface area (Å²) in [4.78, 5) is 11.8. The Morgan fingerprint density at radius 1 is 1.38 bits per heavy atom. The minimum absolute atomic E-state index is 0.0753. The third-order valence-corrected chi connectivity index (χ3v) is 7.23. The average Bonchev–Trinajstić information content (AvgIpc) is 2.92. The predicted molar refractivity (Wildman–Crippen MR) is 101 cm³/mol. The van der Waals surface area contributed by atoms with E-state index in [0.29, 0.717) is 12.5 Å². The lowest BCUT2D eigenvalue weighted by molar-refractivity contribution is -0.201. The normalized spacial score (nSPS) is 41.7. The first-order valence-electron chi connectivity index (χ1n) is 9.97. The molecule has 1 saturated heterocycles. The summed E-state index contributed by atoms with van der Waals surface area (Å²) in [5.74, 6) is 0.0602. The molecule has 0 aromatic rings. The van der Waals surface area contributed by atoms with E-state index in [1.54, 1.807) is 0 Å². The van der Waals surface area contributed by atoms with Crippen molar-refractivity contribution in [2.45, 2.75) is 79.1 Å². The van der Waals surface area contributed by atoms with Crippen molar-refractivity contribution in [1.29, 1.82) is 0 Å². The minimum Gasteiger partial charge on any atom is -0.462 e. The van der Waals surface area contributed by atoms with Crippen LogP contribution in [-0.4, -0.2) is 30.1 Å². The summed E-state index contributed by atoms with van der Waals surface area (Å²) in [5.41, 5.74) is 2.42. The molecular weight excluding hydrogens is 328 g/mol. The summed E-state index contributed by atoms with van der Waals surface area (Å²) in [6.45, 7) is 10.9. The van der Waals surface area contributed by atoms with Gasteiger partial charge in [0.05, 0.1) is 6.61 Å². The van der Waals surface area contributed by atoms with Crippen LogP contribution in [0.4, 0.5) is 0 Å². The Kier molecular flexibility index (Phi) is 5.38. The van der Waals surface area contributed by atoms with Crippen LogP contribution >= 0.6 is 0 Å². The Bertz CT molecular complexity index is 618. The zero-order valence-corrected chi connectivity index (χ0v) is 16.9. The van der Waals surface area contributed by atoms with Gasteiger partial charge in [-0.2, -0.15) is 0 Å². The molecule has 3 rings (SSSR count). The lowest BCUT2D eigenvalue weighted by atomic mass is 9.46. The highest BCUT2D eigenvalue weighted by Crippen LogP contribution is 2.63. The highest BCUT2D eigenvalue weighted by molar-refractivity contribution is 5.66. The van der Waals surface area contributed by atoms with Crippen LogP contribution < -0.4 is 0 Å². The van der Waals surface area contributed by atoms with Crippen molar-refractivity contribution in [3.63, 3.8) is 0 Å². The van der Waals surface area contributed by atoms with Gasteiger partial charge in [0.15, 0.2) is 6.29 Å². The minimum atomic E-state index is -0.799. The standard InChI is InChI=1S/C22H34O4/c1-14(2)7-6-11-21(4)12-10-18(26-15(3)23)22(5)17(21)9-8-16-13-25-20(24)19(16)22/h7-8,17-20,24H,6,9-13H2,1-5H3. The van der Waals surface area contributed by atoms with Crippen molar-refractivity contribution >= 4 is 5.97 Å². The van der Waals surface area contributed by atoms with Gasteiger partial charge in [0.2, 0.25) is 0 Å². The van der Waals surface area contributed by atoms with Crippen molar-refractivity contribution in [2.24, 2.45) is 22.7 Å². The van der Waals surface area contributed by atoms with Crippen molar-refractivity contribution in [3.05, 3.63) is 23.3 Å². The number of esters is 1. The number of rotatable bonds is 4. The number of hydrogen-bond donors (Lipinski definition) is 1. The van der Waals surface area contributed by atoms with Crippen LogP contribution in [0.1, 0.15) is 66.7 Å². The largest absolute Gasteiger partial charge is 0.462 e. The Hall–Kier alpha value is -1.13. The number of allylic oxidation sites excluding steroid dienone is 3. The first-order valence-corrected chi connectivity index (χ1v) is 9.97. The molecule has 0 aromatic heterocycles. The molecule has 0 radical (unpaired) electrons. The van der Waals surface area contributed by atoms with Gasteiger partial charge in [-0.25, -0.2) is 0 Å². The lowest BCUT2D eigenvalue weighted by Gasteiger charge is -2.59. The molecule has 4 heteroatoms. The van der Waals surface area contributed by atoms with Crippen molar-refractivity contribution in [2.75, 3.05) is 6.61 Å². The summed E-state index contributed by atoms with van der Waals surface area (Å²) in [6, 6.07) is 0. The van der Waals surface area contributed by atoms with Gasteiger partial charge < -0.3 is 14.6 Å². The zero-order chi connectivity index (χ0) is 19.1. The second kappa shape index (κ2) is 7.12. The van der Waals surface area contributed by atoms with Gasteiger partial charge in [-0.3, -0.25) is 4.79 Å². The molecule has 1 heterocycles. The van der Waals surface area contributed by atoms with E-state index in [9.17, 15) is 9.90 Å². The quantitative estimate of drug-likeness (QED) is 0.595. The maximum absolute atomic E-state index is 11.8. The molecule has 4 nitrogen and oxygen atoms in total. The Morgan fingerprint density at radius 3 is 2.77 bits per heavy atom. The molecule has 0 spiro atoms. The molecular formula is C22H34O4. The third kappa shape index (κ3) is 3.27. The molecule has 6 unspecified atom stereocenters. The van der Waals surface area contributed by atoms with Crippen LogP contribution in [0.15, 0.2) is 23.3 Å². The van der Waals surface area contributed by atoms with Gasteiger partial charge in [0.1, 0.15) is 6.10 Å². The fourth-order valence-corrected chi connectivity index (χ4v) is 5.97. The van der Waals surface area contributed by atoms with Gasteiger partial charge in [0, 0.05) is 18.3 Å². The Labute approximate surface area is 157 Å². The number of fused-ring (bicyclic) bond motifs is 3. The van der Waals surface area contributed by atoms with Gasteiger partial charge >= 0.3 is 5.97 Å². The first kappa shape index (κ1) is 19.6. The molecule has 2 fully saturated rings. The van der Waals surface area contributed by atoms with Crippen molar-refractivity contribution < 1.29 is 19.4 Å². The SMILES string of the molecule is CC(=O)OC1CCC(C)(CCC=C(C)C)C2CC=C3COC(O)C3C12C. The highest BCUT2D eigenvalue weighted by atomic mass is 16.6. The molecule has 0 amide bonds. The number of aliphatic hydroxyl groups excluding tert-OH is 1. The van der Waals surface area contributed by atoms with Crippen LogP contribution in [0, 0.1) is 22.7 Å². The van der Waals surface area contributed by atoms with E-state index in [-0.39, 0.29) is 28.8 Å². The second-order valence-corrected chi connectivity index (χ2v) is 9.22. The van der Waals surface area contributed by atoms with E-state index in [1.165, 1.54) is 18.1 Å². The topological polar surface area (TPSA) is 55.8 Å². The number of carbonyl (C=O) groups is 1. The maximum atomic E-state index is 11.8. The molecule has 1 aliphatic heterocycles. The molecule has 0 bridgehead atoms. The molecule has 1 saturated carbocycles. The van der Waals surface area contributed by atoms with E-state index in [2.05, 4.69) is 39.8 Å². The molecule has 2 aliphatic carbocycles. The summed E-state index contributed by atoms with van der Waals surface area (Å²) in [6.07, 6.45) is 8.71. The van der Waals surface area contributed by atoms with Crippen LogP contribution in [0.25, 0.3) is 0 Å². The molecule has 6 atom stereocenters. The molecule has 146 valence electrons. The molecule has 26 heavy (non-hydrogen) atoms. The first-order chi connectivity index (χ1) is 12.2. The van der Waals surface area contributed by atoms with E-state index < -0.39 is 6.29 Å². The molecule has 1 N–H and O–H groups in total. The van der Waals surface area contributed by atoms with Crippen molar-refractivity contribution in [3.8, 4) is 0 Å². The van der Waals surface area contributed by atoms with Crippen LogP contribution in [0.5, 0.6) is 0 Å². The number of aliphatic hydroxyl groups is 1. The molecule has 0 aromatic carbocycles. The van der Waals surface area contributed by atoms with Gasteiger partial charge in [0.25, 0.3) is 0 Å². The zero-order valence-electron chi connectivity index (χ0n) is 16.9. The van der Waals surface area contributed by atoms with Crippen LogP contribution in [-0.2, 0) is 14.3 Å². The Morgan fingerprint density at radius 2 is 2.12 bits per heavy atom. The number of ether oxygens (including phenoxy) is 2. The summed E-state index contributed by atoms with van der Waals surface area (Å²) in [7, 11) is 0. The van der Waals surface area contributed by atoms with Gasteiger partial charge in [-0.1, -0.05) is 31.6 Å². The van der Waals surface area contributed by atoms with Gasteiger partial charge in [-0.15, -0.1) is 0 Å². The monoisotopic (exact) mass is 362 g/mol. The third-order valence-electron chi connectivity index (χ3n) is 7.23. The number of hydrogen-bond acceptors (Lipinski definition) is 4. The average molecular weight is 363 g/mol. The lowest BCUT2D eigenvalue weighted by Crippen LogP contribution is -2.59. The van der Waals surface area contributed by atoms with Gasteiger partial charge in [-0.05, 0) is 62.9 Å². The fraction of sp³-hybridized carbons (Fsp3) is 0.773. The van der Waals surface area contributed by atoms with E-state index >= 15 is 0 Å². The second-order valence-electron chi connectivity index (χ2n) is 9.22. The van der Waals surface area contributed by atoms with Crippen LogP contribution in [0.3, 0.4) is 0 Å². The smallest absolute Gasteiger partial charge is 0.302 e. The van der Waals surface area contributed by atoms with Crippen LogP contribution in [0.2, 0.25) is 0 Å². The van der Waals surface area contributed by atoms with Crippen molar-refractivity contribution in [1.82, 2.24) is 0 Å². The fourth-order valence-electron chi connectivity index (χ4n) is 5.97. The summed E-state index contributed by atoms with van der Waals surface area (Å²) >= 11 is 0. The summed E-state index contributed by atoms with van der Waals surface area (Å²) in [5, 5.41) is 10.6. The van der Waals surface area contributed by atoms with E-state index in [1.807, 2.05) is 0 Å². The Balaban J connectivity index is 1.96. The predicted octanol–water partition coefficient (Wildman–Crippen LogP) is 4.38. The molecule has 3 aliphatic rings. The van der Waals surface area contributed by atoms with E-state index in [0.717, 1.165) is 32.1 Å². The highest BCUT2D eigenvalue weighted by Gasteiger charge is 2.62. The van der Waals surface area contributed by atoms with E-state index in [4.69, 9.17) is 9.47 Å². The summed E-state index contributed by atoms with van der Waals surface area (Å²) < 4.78 is 11.4. The maximum Gasteiger partial charge on any atom is 0.302 e. The number of carbonyl (C=O) groups excluding carboxylic acids is 1.